The van der Waals surface area contributed by atoms with Crippen molar-refractivity contribution in [3.63, 3.8) is 0 Å². The zero-order chi connectivity index (χ0) is 18.5. The SMILES string of the molecule is I.NC(=NCC1CC(=O)N(Cc2ccccc2)C1)Nc1cc(F)ccc1F. The quantitative estimate of drug-likeness (QED) is 0.387. The number of hydrogen-bond donors (Lipinski definition) is 2. The van der Waals surface area contributed by atoms with Gasteiger partial charge in [-0.3, -0.25) is 9.79 Å². The number of halogens is 3. The van der Waals surface area contributed by atoms with Crippen molar-refractivity contribution in [2.45, 2.75) is 13.0 Å². The molecule has 0 saturated carbocycles. The third-order valence-corrected chi connectivity index (χ3v) is 4.22. The number of nitrogens with one attached hydrogen (secondary N) is 1. The molecular weight excluding hydrogens is 465 g/mol. The van der Waals surface area contributed by atoms with Crippen LogP contribution in [0.3, 0.4) is 0 Å². The molecule has 3 rings (SSSR count). The van der Waals surface area contributed by atoms with Crippen LogP contribution in [0.15, 0.2) is 53.5 Å². The van der Waals surface area contributed by atoms with Gasteiger partial charge in [0.15, 0.2) is 5.96 Å². The first-order valence-corrected chi connectivity index (χ1v) is 8.35. The fourth-order valence-electron chi connectivity index (χ4n) is 2.93. The summed E-state index contributed by atoms with van der Waals surface area (Å²) in [4.78, 5) is 18.1. The number of likely N-dealkylation sites (tertiary alicyclic amines) is 1. The summed E-state index contributed by atoms with van der Waals surface area (Å²) in [5.41, 5.74) is 6.75. The van der Waals surface area contributed by atoms with Crippen LogP contribution < -0.4 is 11.1 Å². The van der Waals surface area contributed by atoms with Crippen LogP contribution >= 0.6 is 24.0 Å². The van der Waals surface area contributed by atoms with E-state index in [0.29, 0.717) is 26.1 Å². The van der Waals surface area contributed by atoms with Gasteiger partial charge in [0.1, 0.15) is 11.6 Å². The molecule has 144 valence electrons. The van der Waals surface area contributed by atoms with Crippen LogP contribution in [0.1, 0.15) is 12.0 Å². The van der Waals surface area contributed by atoms with E-state index in [-0.39, 0.29) is 47.4 Å². The lowest BCUT2D eigenvalue weighted by atomic mass is 10.1. The number of amides is 1. The molecule has 0 spiro atoms. The Bertz CT molecular complexity index is 817. The molecule has 1 unspecified atom stereocenters. The van der Waals surface area contributed by atoms with E-state index >= 15 is 0 Å². The van der Waals surface area contributed by atoms with Gasteiger partial charge >= 0.3 is 0 Å². The number of carbonyl (C=O) groups is 1. The van der Waals surface area contributed by atoms with E-state index in [2.05, 4.69) is 10.3 Å². The normalized spacial score (nSPS) is 17.0. The number of benzene rings is 2. The summed E-state index contributed by atoms with van der Waals surface area (Å²) < 4.78 is 26.8. The molecule has 2 aromatic rings. The van der Waals surface area contributed by atoms with Crippen LogP contribution in [0, 0.1) is 17.6 Å². The number of aliphatic imine (C=N–C) groups is 1. The summed E-state index contributed by atoms with van der Waals surface area (Å²) in [6, 6.07) is 12.8. The molecular formula is C19H21F2IN4O. The van der Waals surface area contributed by atoms with Crippen LogP contribution in [-0.4, -0.2) is 29.9 Å². The lowest BCUT2D eigenvalue weighted by Gasteiger charge is -2.16. The minimum Gasteiger partial charge on any atom is -0.370 e. The molecule has 1 fully saturated rings. The highest BCUT2D eigenvalue weighted by molar-refractivity contribution is 14.0. The van der Waals surface area contributed by atoms with Crippen LogP contribution in [-0.2, 0) is 11.3 Å². The van der Waals surface area contributed by atoms with Crippen LogP contribution in [0.5, 0.6) is 0 Å². The second kappa shape index (κ2) is 9.63. The average molecular weight is 486 g/mol. The molecule has 0 bridgehead atoms. The van der Waals surface area contributed by atoms with Crippen molar-refractivity contribution < 1.29 is 13.6 Å². The van der Waals surface area contributed by atoms with Gasteiger partial charge in [-0.1, -0.05) is 30.3 Å². The highest BCUT2D eigenvalue weighted by atomic mass is 127. The predicted octanol–water partition coefficient (Wildman–Crippen LogP) is 3.36. The van der Waals surface area contributed by atoms with Crippen molar-refractivity contribution >= 4 is 41.5 Å². The molecule has 3 N–H and O–H groups in total. The Balaban J connectivity index is 0.00000261. The molecule has 1 saturated heterocycles. The fraction of sp³-hybridized carbons (Fsp3) is 0.263. The van der Waals surface area contributed by atoms with Crippen LogP contribution in [0.2, 0.25) is 0 Å². The Kier molecular flexibility index (Phi) is 7.52. The smallest absolute Gasteiger partial charge is 0.223 e. The number of guanidine groups is 1. The number of carbonyl (C=O) groups excluding carboxylic acids is 1. The first kappa shape index (κ1) is 21.1. The summed E-state index contributed by atoms with van der Waals surface area (Å²) in [5.74, 6) is -1.07. The van der Waals surface area contributed by atoms with Crippen molar-refractivity contribution in [1.29, 1.82) is 0 Å². The summed E-state index contributed by atoms with van der Waals surface area (Å²) in [6.45, 7) is 1.51. The van der Waals surface area contributed by atoms with E-state index in [0.717, 1.165) is 23.8 Å². The molecule has 2 aromatic carbocycles. The fourth-order valence-corrected chi connectivity index (χ4v) is 2.93. The van der Waals surface area contributed by atoms with E-state index in [1.54, 1.807) is 4.90 Å². The van der Waals surface area contributed by atoms with Gasteiger partial charge in [0.2, 0.25) is 5.91 Å². The molecule has 1 amide bonds. The van der Waals surface area contributed by atoms with E-state index in [4.69, 9.17) is 5.73 Å². The number of nitrogens with two attached hydrogens (primary N) is 1. The van der Waals surface area contributed by atoms with E-state index in [9.17, 15) is 13.6 Å². The van der Waals surface area contributed by atoms with Gasteiger partial charge in [0, 0.05) is 38.0 Å². The minimum atomic E-state index is -0.616. The molecule has 1 heterocycles. The summed E-state index contributed by atoms with van der Waals surface area (Å²) in [7, 11) is 0. The van der Waals surface area contributed by atoms with E-state index in [1.807, 2.05) is 30.3 Å². The summed E-state index contributed by atoms with van der Waals surface area (Å²) in [6.07, 6.45) is 0.401. The van der Waals surface area contributed by atoms with Crippen LogP contribution in [0.4, 0.5) is 14.5 Å². The predicted molar refractivity (Wildman–Crippen MR) is 112 cm³/mol. The van der Waals surface area contributed by atoms with Gasteiger partial charge in [-0.15, -0.1) is 24.0 Å². The third kappa shape index (κ3) is 5.88. The maximum atomic E-state index is 13.6. The standard InChI is InChI=1S/C19H20F2N4O.HI/c20-15-6-7-16(21)17(9-15)24-19(22)23-10-14-8-18(26)25(12-14)11-13-4-2-1-3-5-13;/h1-7,9,14H,8,10-12H2,(H3,22,23,24);1H. The van der Waals surface area contributed by atoms with Crippen LogP contribution in [0.25, 0.3) is 0 Å². The number of nitrogens with zero attached hydrogens (tertiary/aromatic N) is 2. The van der Waals surface area contributed by atoms with Gasteiger partial charge in [0.25, 0.3) is 0 Å². The molecule has 1 aliphatic rings. The lowest BCUT2D eigenvalue weighted by molar-refractivity contribution is -0.128. The van der Waals surface area contributed by atoms with Gasteiger partial charge in [-0.05, 0) is 17.7 Å². The number of anilines is 1. The Morgan fingerprint density at radius 2 is 1.96 bits per heavy atom. The maximum absolute atomic E-state index is 13.6. The Labute approximate surface area is 173 Å². The molecule has 0 aromatic heterocycles. The zero-order valence-electron chi connectivity index (χ0n) is 14.6. The van der Waals surface area contributed by atoms with E-state index in [1.165, 1.54) is 0 Å². The molecule has 0 radical (unpaired) electrons. The monoisotopic (exact) mass is 486 g/mol. The minimum absolute atomic E-state index is 0. The average Bonchev–Trinajstić information content (AvgIpc) is 2.97. The Hall–Kier alpha value is -2.23. The van der Waals surface area contributed by atoms with Gasteiger partial charge < -0.3 is 16.0 Å². The van der Waals surface area contributed by atoms with Crippen molar-refractivity contribution in [3.8, 4) is 0 Å². The summed E-state index contributed by atoms with van der Waals surface area (Å²) in [5, 5.41) is 2.55. The Morgan fingerprint density at radius 1 is 1.22 bits per heavy atom. The molecule has 5 nitrogen and oxygen atoms in total. The second-order valence-electron chi connectivity index (χ2n) is 6.31. The largest absolute Gasteiger partial charge is 0.370 e. The summed E-state index contributed by atoms with van der Waals surface area (Å²) >= 11 is 0. The van der Waals surface area contributed by atoms with Crippen molar-refractivity contribution in [1.82, 2.24) is 4.90 Å². The van der Waals surface area contributed by atoms with Crippen molar-refractivity contribution in [3.05, 3.63) is 65.7 Å². The highest BCUT2D eigenvalue weighted by Gasteiger charge is 2.29. The number of hydrogen-bond acceptors (Lipinski definition) is 2. The molecule has 27 heavy (non-hydrogen) atoms. The molecule has 1 atom stereocenters. The molecule has 8 heteroatoms. The third-order valence-electron chi connectivity index (χ3n) is 4.22. The molecule has 0 aliphatic carbocycles. The second-order valence-corrected chi connectivity index (χ2v) is 6.31. The van der Waals surface area contributed by atoms with Crippen molar-refractivity contribution in [2.75, 3.05) is 18.4 Å². The Morgan fingerprint density at radius 3 is 2.70 bits per heavy atom. The first-order valence-electron chi connectivity index (χ1n) is 8.35. The first-order chi connectivity index (χ1) is 12.5. The van der Waals surface area contributed by atoms with Gasteiger partial charge in [-0.2, -0.15) is 0 Å². The topological polar surface area (TPSA) is 70.7 Å². The van der Waals surface area contributed by atoms with Gasteiger partial charge in [-0.25, -0.2) is 8.78 Å². The zero-order valence-corrected chi connectivity index (χ0v) is 16.9. The van der Waals surface area contributed by atoms with Crippen molar-refractivity contribution in [2.24, 2.45) is 16.6 Å². The highest BCUT2D eigenvalue weighted by Crippen LogP contribution is 2.20. The number of rotatable bonds is 5. The molecule has 1 aliphatic heterocycles. The lowest BCUT2D eigenvalue weighted by Crippen LogP contribution is -2.26. The van der Waals surface area contributed by atoms with E-state index < -0.39 is 11.6 Å². The van der Waals surface area contributed by atoms with Gasteiger partial charge in [0.05, 0.1) is 5.69 Å². The maximum Gasteiger partial charge on any atom is 0.223 e.